The fourth-order valence-corrected chi connectivity index (χ4v) is 6.37. The van der Waals surface area contributed by atoms with E-state index in [0.717, 1.165) is 49.8 Å². The predicted octanol–water partition coefficient (Wildman–Crippen LogP) is 8.59. The summed E-state index contributed by atoms with van der Waals surface area (Å²) in [6.07, 6.45) is 5.74. The number of thiol groups is 1. The Labute approximate surface area is 308 Å². The van der Waals surface area contributed by atoms with Gasteiger partial charge in [-0.25, -0.2) is 0 Å². The van der Waals surface area contributed by atoms with Gasteiger partial charge in [-0.05, 0) is 98.9 Å². The number of benzene rings is 4. The van der Waals surface area contributed by atoms with Gasteiger partial charge in [0.15, 0.2) is 21.0 Å². The van der Waals surface area contributed by atoms with Crippen molar-refractivity contribution >= 4 is 46.3 Å². The van der Waals surface area contributed by atoms with Crippen LogP contribution in [0, 0.1) is 13.8 Å². The van der Waals surface area contributed by atoms with Gasteiger partial charge in [-0.3, -0.25) is 9.59 Å². The van der Waals surface area contributed by atoms with E-state index in [4.69, 9.17) is 24.2 Å². The van der Waals surface area contributed by atoms with Gasteiger partial charge >= 0.3 is 0 Å². The van der Waals surface area contributed by atoms with Crippen molar-refractivity contribution in [2.45, 2.75) is 74.9 Å². The van der Waals surface area contributed by atoms with Crippen LogP contribution < -0.4 is 10.9 Å². The number of hydrogen-bond donors (Lipinski definition) is 4. The highest BCUT2D eigenvalue weighted by Crippen LogP contribution is 2.28. The van der Waals surface area contributed by atoms with Gasteiger partial charge in [-0.2, -0.15) is 0 Å². The highest BCUT2D eigenvalue weighted by Gasteiger charge is 2.11. The molecule has 0 aliphatic heterocycles. The van der Waals surface area contributed by atoms with Crippen LogP contribution in [0.15, 0.2) is 126 Å². The summed E-state index contributed by atoms with van der Waals surface area (Å²) in [5.74, 6) is 0.763. The second-order valence-corrected chi connectivity index (χ2v) is 13.5. The standard InChI is InChI=1S/C21H22O3S.C11H16O2.C10H8O2S/c1-15-20(23)18-7-2-3-8-19(18)24-21(15)25-14-17-11-9-16(10-12-17)6-4-5-13-22;12-8-2-1-3-10-4-6-11(9-13)7-5-10;1-6-9(11)7-4-2-3-5-8(7)12-10(6)13/h2-3,7-12,22H,4-6,13-14H2,1H3;4-7,12-13H,1-3,8-9H2;2-5,13H,1H3. The van der Waals surface area contributed by atoms with Crippen molar-refractivity contribution in [3.63, 3.8) is 0 Å². The van der Waals surface area contributed by atoms with Crippen molar-refractivity contribution < 1.29 is 24.2 Å². The number of para-hydroxylation sites is 2. The van der Waals surface area contributed by atoms with Gasteiger partial charge in [0.2, 0.25) is 0 Å². The van der Waals surface area contributed by atoms with E-state index in [9.17, 15) is 9.59 Å². The highest BCUT2D eigenvalue weighted by atomic mass is 32.2. The molecular weight excluding hydrogens is 681 g/mol. The predicted molar refractivity (Wildman–Crippen MR) is 210 cm³/mol. The SMILES string of the molecule is Cc1c(S)oc2ccccc2c1=O.Cc1c(SCc2ccc(CCCCO)cc2)oc2ccccc2c1=O.OCCCCc1ccc(CO)cc1. The Morgan fingerprint density at radius 3 is 1.53 bits per heavy atom. The van der Waals surface area contributed by atoms with Crippen LogP contribution in [0.3, 0.4) is 0 Å². The number of fused-ring (bicyclic) bond motifs is 2. The Hall–Kier alpha value is -4.12. The topological polar surface area (TPSA) is 121 Å². The normalized spacial score (nSPS) is 10.8. The molecule has 0 unspecified atom stereocenters. The molecule has 6 aromatic rings. The lowest BCUT2D eigenvalue weighted by molar-refractivity contribution is 0.281. The molecule has 9 heteroatoms. The van der Waals surface area contributed by atoms with E-state index in [1.54, 1.807) is 36.9 Å². The quantitative estimate of drug-likeness (QED) is 0.0563. The van der Waals surface area contributed by atoms with Gasteiger partial charge in [-0.1, -0.05) is 84.6 Å². The molecule has 0 bridgehead atoms. The number of unbranched alkanes of at least 4 members (excludes halogenated alkanes) is 2. The van der Waals surface area contributed by atoms with E-state index in [0.29, 0.717) is 43.2 Å². The van der Waals surface area contributed by atoms with Crippen LogP contribution in [0.2, 0.25) is 0 Å². The molecule has 268 valence electrons. The Morgan fingerprint density at radius 2 is 1.02 bits per heavy atom. The Balaban J connectivity index is 0.000000189. The summed E-state index contributed by atoms with van der Waals surface area (Å²) >= 11 is 5.63. The first-order valence-corrected chi connectivity index (χ1v) is 18.5. The fraction of sp³-hybridized carbons (Fsp3) is 0.286. The molecule has 2 heterocycles. The third-order valence-electron chi connectivity index (χ3n) is 8.33. The zero-order valence-electron chi connectivity index (χ0n) is 29.1. The molecule has 0 saturated heterocycles. The second kappa shape index (κ2) is 20.7. The number of rotatable bonds is 12. The lowest BCUT2D eigenvalue weighted by Crippen LogP contribution is -2.06. The molecule has 0 spiro atoms. The summed E-state index contributed by atoms with van der Waals surface area (Å²) in [6, 6.07) is 31.0. The average Bonchev–Trinajstić information content (AvgIpc) is 3.16. The molecule has 7 nitrogen and oxygen atoms in total. The lowest BCUT2D eigenvalue weighted by Gasteiger charge is -2.07. The zero-order valence-corrected chi connectivity index (χ0v) is 30.8. The molecule has 2 aromatic heterocycles. The van der Waals surface area contributed by atoms with Crippen molar-refractivity contribution in [2.24, 2.45) is 0 Å². The van der Waals surface area contributed by atoms with Crippen molar-refractivity contribution in [2.75, 3.05) is 13.2 Å². The fourth-order valence-electron chi connectivity index (χ4n) is 5.22. The molecule has 0 atom stereocenters. The van der Waals surface area contributed by atoms with E-state index >= 15 is 0 Å². The molecule has 0 amide bonds. The van der Waals surface area contributed by atoms with E-state index in [2.05, 4.69) is 36.9 Å². The molecule has 0 radical (unpaired) electrons. The van der Waals surface area contributed by atoms with Crippen molar-refractivity contribution in [3.05, 3.63) is 151 Å². The molecule has 0 aliphatic rings. The van der Waals surface area contributed by atoms with E-state index in [-0.39, 0.29) is 30.7 Å². The van der Waals surface area contributed by atoms with Crippen molar-refractivity contribution in [1.29, 1.82) is 0 Å². The first-order valence-electron chi connectivity index (χ1n) is 17.1. The monoisotopic (exact) mass is 726 g/mol. The minimum absolute atomic E-state index is 0.00755. The first kappa shape index (κ1) is 39.7. The molecule has 0 saturated carbocycles. The smallest absolute Gasteiger partial charge is 0.196 e. The number of aliphatic hydroxyl groups excluding tert-OH is 3. The number of aryl methyl sites for hydroxylation is 2. The summed E-state index contributed by atoms with van der Waals surface area (Å²) in [6.45, 7) is 4.17. The van der Waals surface area contributed by atoms with Crippen LogP contribution in [-0.2, 0) is 25.2 Å². The summed E-state index contributed by atoms with van der Waals surface area (Å²) in [4.78, 5) is 24.1. The van der Waals surface area contributed by atoms with Gasteiger partial charge in [-0.15, -0.1) is 12.6 Å². The number of thioether (sulfide) groups is 1. The van der Waals surface area contributed by atoms with Gasteiger partial charge in [0, 0.05) is 30.1 Å². The van der Waals surface area contributed by atoms with Gasteiger partial charge in [0.25, 0.3) is 0 Å². The van der Waals surface area contributed by atoms with E-state index in [1.165, 1.54) is 16.7 Å². The summed E-state index contributed by atoms with van der Waals surface area (Å²) < 4.78 is 11.3. The third kappa shape index (κ3) is 11.7. The largest absolute Gasteiger partial charge is 0.450 e. The van der Waals surface area contributed by atoms with Crippen LogP contribution in [0.1, 0.15) is 59.1 Å². The van der Waals surface area contributed by atoms with Crippen LogP contribution in [0.5, 0.6) is 0 Å². The van der Waals surface area contributed by atoms with Crippen LogP contribution in [-0.4, -0.2) is 28.5 Å². The Morgan fingerprint density at radius 1 is 0.569 bits per heavy atom. The molecule has 6 rings (SSSR count). The number of hydrogen-bond acceptors (Lipinski definition) is 9. The molecule has 4 aromatic carbocycles. The third-order valence-corrected chi connectivity index (χ3v) is 9.88. The van der Waals surface area contributed by atoms with Crippen LogP contribution in [0.4, 0.5) is 0 Å². The summed E-state index contributed by atoms with van der Waals surface area (Å²) in [5.41, 5.74) is 7.20. The maximum atomic E-state index is 12.4. The molecule has 0 aliphatic carbocycles. The van der Waals surface area contributed by atoms with Gasteiger partial charge in [0.1, 0.15) is 11.2 Å². The van der Waals surface area contributed by atoms with Crippen LogP contribution >= 0.6 is 24.4 Å². The second-order valence-electron chi connectivity index (χ2n) is 12.1. The maximum absolute atomic E-state index is 12.4. The zero-order chi connectivity index (χ0) is 36.6. The minimum atomic E-state index is -0.00755. The molecule has 51 heavy (non-hydrogen) atoms. The van der Waals surface area contributed by atoms with Gasteiger partial charge < -0.3 is 24.2 Å². The Bertz CT molecular complexity index is 2090. The summed E-state index contributed by atoms with van der Waals surface area (Å²) in [7, 11) is 0. The number of aliphatic hydroxyl groups is 3. The summed E-state index contributed by atoms with van der Waals surface area (Å²) in [5, 5.41) is 28.6. The highest BCUT2D eigenvalue weighted by molar-refractivity contribution is 7.98. The van der Waals surface area contributed by atoms with Crippen molar-refractivity contribution in [3.8, 4) is 0 Å². The maximum Gasteiger partial charge on any atom is 0.196 e. The molecule has 3 N–H and O–H groups in total. The van der Waals surface area contributed by atoms with E-state index in [1.807, 2.05) is 61.5 Å². The molecule has 0 fully saturated rings. The lowest BCUT2D eigenvalue weighted by atomic mass is 10.1. The van der Waals surface area contributed by atoms with Crippen LogP contribution in [0.25, 0.3) is 21.9 Å². The Kier molecular flexibility index (Phi) is 16.1. The minimum Gasteiger partial charge on any atom is -0.450 e. The molecular formula is C42H46O7S2. The van der Waals surface area contributed by atoms with E-state index < -0.39 is 0 Å². The van der Waals surface area contributed by atoms with Gasteiger partial charge in [0.05, 0.1) is 17.4 Å². The first-order chi connectivity index (χ1) is 24.7. The average molecular weight is 727 g/mol. The van der Waals surface area contributed by atoms with Crippen molar-refractivity contribution in [1.82, 2.24) is 0 Å².